The molecule has 1 N–H and O–H groups in total. The number of rotatable bonds is 3. The molecule has 90 valence electrons. The van der Waals surface area contributed by atoms with E-state index in [-0.39, 0.29) is 11.8 Å². The second kappa shape index (κ2) is 5.41. The molecule has 2 heterocycles. The van der Waals surface area contributed by atoms with E-state index in [0.29, 0.717) is 19.2 Å². The molecule has 0 aromatic carbocycles. The van der Waals surface area contributed by atoms with Gasteiger partial charge in [0.1, 0.15) is 0 Å². The molecule has 0 bridgehead atoms. The van der Waals surface area contributed by atoms with Crippen LogP contribution < -0.4 is 5.32 Å². The largest absolute Gasteiger partial charge is 0.378 e. The molecule has 2 rings (SSSR count). The summed E-state index contributed by atoms with van der Waals surface area (Å²) < 4.78 is 5.61. The maximum atomic E-state index is 11.1. The Kier molecular flexibility index (Phi) is 3.90. The molecule has 1 unspecified atom stereocenters. The zero-order chi connectivity index (χ0) is 11.4. The van der Waals surface area contributed by atoms with E-state index in [4.69, 9.17) is 4.74 Å². The average molecular weight is 226 g/mol. The zero-order valence-corrected chi connectivity index (χ0v) is 9.41. The van der Waals surface area contributed by atoms with Crippen LogP contribution in [0.5, 0.6) is 0 Å². The summed E-state index contributed by atoms with van der Waals surface area (Å²) in [7, 11) is 0. The van der Waals surface area contributed by atoms with Crippen LogP contribution >= 0.6 is 0 Å². The third-order valence-corrected chi connectivity index (χ3v) is 3.05. The highest BCUT2D eigenvalue weighted by Crippen LogP contribution is 2.16. The highest BCUT2D eigenvalue weighted by atomic mass is 16.5. The van der Waals surface area contributed by atoms with Crippen LogP contribution in [-0.4, -0.2) is 49.1 Å². The Labute approximate surface area is 95.1 Å². The van der Waals surface area contributed by atoms with Crippen LogP contribution in [0, 0.1) is 0 Å². The van der Waals surface area contributed by atoms with E-state index < -0.39 is 0 Å². The molecule has 2 aliphatic rings. The number of carbonyl (C=O) groups is 2. The molecule has 0 aromatic heterocycles. The first-order valence-electron chi connectivity index (χ1n) is 5.90. The third kappa shape index (κ3) is 3.28. The molecule has 2 saturated heterocycles. The van der Waals surface area contributed by atoms with Crippen molar-refractivity contribution in [2.24, 2.45) is 0 Å². The molecule has 2 amide bonds. The SMILES string of the molecule is O=C1CN(CCC2CCCCO2)CC(=O)N1. The normalized spacial score (nSPS) is 27.9. The van der Waals surface area contributed by atoms with E-state index in [2.05, 4.69) is 5.32 Å². The Morgan fingerprint density at radius 3 is 2.62 bits per heavy atom. The maximum absolute atomic E-state index is 11.1. The third-order valence-electron chi connectivity index (χ3n) is 3.05. The zero-order valence-electron chi connectivity index (χ0n) is 9.41. The lowest BCUT2D eigenvalue weighted by atomic mass is 10.1. The van der Waals surface area contributed by atoms with Crippen LogP contribution in [0.25, 0.3) is 0 Å². The summed E-state index contributed by atoms with van der Waals surface area (Å²) in [6, 6.07) is 0. The average Bonchev–Trinajstić information content (AvgIpc) is 2.27. The predicted octanol–water partition coefficient (Wildman–Crippen LogP) is -0.0960. The van der Waals surface area contributed by atoms with Crippen molar-refractivity contribution in [3.63, 3.8) is 0 Å². The fourth-order valence-electron chi connectivity index (χ4n) is 2.22. The number of carbonyl (C=O) groups excluding carboxylic acids is 2. The van der Waals surface area contributed by atoms with Gasteiger partial charge in [-0.15, -0.1) is 0 Å². The number of piperazine rings is 1. The molecule has 2 fully saturated rings. The van der Waals surface area contributed by atoms with Gasteiger partial charge in [0.25, 0.3) is 0 Å². The Hall–Kier alpha value is -0.940. The molecule has 2 aliphatic heterocycles. The number of amides is 2. The van der Waals surface area contributed by atoms with E-state index in [1.54, 1.807) is 0 Å². The number of hydrogen-bond acceptors (Lipinski definition) is 4. The first kappa shape index (κ1) is 11.5. The van der Waals surface area contributed by atoms with Gasteiger partial charge in [-0.3, -0.25) is 19.8 Å². The molecule has 0 aliphatic carbocycles. The summed E-state index contributed by atoms with van der Waals surface area (Å²) >= 11 is 0. The van der Waals surface area contributed by atoms with Gasteiger partial charge in [-0.2, -0.15) is 0 Å². The van der Waals surface area contributed by atoms with E-state index >= 15 is 0 Å². The van der Waals surface area contributed by atoms with Gasteiger partial charge in [-0.1, -0.05) is 0 Å². The van der Waals surface area contributed by atoms with E-state index in [9.17, 15) is 9.59 Å². The molecule has 0 aromatic rings. The Balaban J connectivity index is 1.72. The molecule has 0 saturated carbocycles. The fourth-order valence-corrected chi connectivity index (χ4v) is 2.22. The van der Waals surface area contributed by atoms with Crippen LogP contribution in [0.1, 0.15) is 25.7 Å². The van der Waals surface area contributed by atoms with Crippen LogP contribution in [0.2, 0.25) is 0 Å². The van der Waals surface area contributed by atoms with Crippen molar-refractivity contribution >= 4 is 11.8 Å². The quantitative estimate of drug-likeness (QED) is 0.683. The van der Waals surface area contributed by atoms with Gasteiger partial charge in [0.15, 0.2) is 0 Å². The van der Waals surface area contributed by atoms with Crippen molar-refractivity contribution in [2.75, 3.05) is 26.2 Å². The second-order valence-corrected chi connectivity index (χ2v) is 4.46. The van der Waals surface area contributed by atoms with Gasteiger partial charge in [0.2, 0.25) is 11.8 Å². The maximum Gasteiger partial charge on any atom is 0.240 e. The van der Waals surface area contributed by atoms with Crippen molar-refractivity contribution in [3.8, 4) is 0 Å². The lowest BCUT2D eigenvalue weighted by Crippen LogP contribution is -2.51. The monoisotopic (exact) mass is 226 g/mol. The summed E-state index contributed by atoms with van der Waals surface area (Å²) in [6.45, 7) is 2.28. The Morgan fingerprint density at radius 2 is 2.00 bits per heavy atom. The van der Waals surface area contributed by atoms with Gasteiger partial charge in [0.05, 0.1) is 19.2 Å². The number of nitrogens with zero attached hydrogens (tertiary/aromatic N) is 1. The lowest BCUT2D eigenvalue weighted by molar-refractivity contribution is -0.136. The predicted molar refractivity (Wildman–Crippen MR) is 57.8 cm³/mol. The molecular weight excluding hydrogens is 208 g/mol. The minimum absolute atomic E-state index is 0.194. The Bertz CT molecular complexity index is 258. The summed E-state index contributed by atoms with van der Waals surface area (Å²) in [5.41, 5.74) is 0. The summed E-state index contributed by atoms with van der Waals surface area (Å²) in [6.07, 6.45) is 4.72. The van der Waals surface area contributed by atoms with Crippen molar-refractivity contribution in [1.29, 1.82) is 0 Å². The molecule has 5 heteroatoms. The van der Waals surface area contributed by atoms with Crippen molar-refractivity contribution < 1.29 is 14.3 Å². The van der Waals surface area contributed by atoms with Crippen LogP contribution in [0.3, 0.4) is 0 Å². The molecule has 16 heavy (non-hydrogen) atoms. The van der Waals surface area contributed by atoms with Crippen LogP contribution in [0.4, 0.5) is 0 Å². The standard InChI is InChI=1S/C11H18N2O3/c14-10-7-13(8-11(15)12-10)5-4-9-3-1-2-6-16-9/h9H,1-8H2,(H,12,14,15). The number of imide groups is 1. The smallest absolute Gasteiger partial charge is 0.240 e. The van der Waals surface area contributed by atoms with Crippen LogP contribution in [-0.2, 0) is 14.3 Å². The van der Waals surface area contributed by atoms with Crippen LogP contribution in [0.15, 0.2) is 0 Å². The number of nitrogens with one attached hydrogen (secondary N) is 1. The van der Waals surface area contributed by atoms with Crippen molar-refractivity contribution in [1.82, 2.24) is 10.2 Å². The molecule has 0 radical (unpaired) electrons. The Morgan fingerprint density at radius 1 is 1.25 bits per heavy atom. The summed E-state index contributed by atoms with van der Waals surface area (Å²) in [5, 5.41) is 2.30. The van der Waals surface area contributed by atoms with Gasteiger partial charge in [-0.05, 0) is 25.7 Å². The number of hydrogen-bond donors (Lipinski definition) is 1. The fraction of sp³-hybridized carbons (Fsp3) is 0.818. The first-order chi connectivity index (χ1) is 7.74. The molecule has 0 spiro atoms. The lowest BCUT2D eigenvalue weighted by Gasteiger charge is -2.28. The van der Waals surface area contributed by atoms with Gasteiger partial charge in [-0.25, -0.2) is 0 Å². The first-order valence-corrected chi connectivity index (χ1v) is 5.90. The van der Waals surface area contributed by atoms with Gasteiger partial charge >= 0.3 is 0 Å². The number of ether oxygens (including phenoxy) is 1. The molecule has 5 nitrogen and oxygen atoms in total. The van der Waals surface area contributed by atoms with E-state index in [1.807, 2.05) is 4.90 Å². The van der Waals surface area contributed by atoms with Gasteiger partial charge in [0, 0.05) is 13.2 Å². The molecular formula is C11H18N2O3. The summed E-state index contributed by atoms with van der Waals surface area (Å²) in [5.74, 6) is -0.387. The topological polar surface area (TPSA) is 58.6 Å². The highest BCUT2D eigenvalue weighted by molar-refractivity contribution is 5.99. The van der Waals surface area contributed by atoms with Gasteiger partial charge < -0.3 is 4.74 Å². The minimum atomic E-state index is -0.194. The minimum Gasteiger partial charge on any atom is -0.378 e. The molecule has 1 atom stereocenters. The summed E-state index contributed by atoms with van der Waals surface area (Å²) in [4.78, 5) is 24.1. The van der Waals surface area contributed by atoms with E-state index in [1.165, 1.54) is 6.42 Å². The van der Waals surface area contributed by atoms with Crippen molar-refractivity contribution in [2.45, 2.75) is 31.8 Å². The highest BCUT2D eigenvalue weighted by Gasteiger charge is 2.23. The van der Waals surface area contributed by atoms with E-state index in [0.717, 1.165) is 32.4 Å². The van der Waals surface area contributed by atoms with Crippen molar-refractivity contribution in [3.05, 3.63) is 0 Å². The second-order valence-electron chi connectivity index (χ2n) is 4.46.